The molecule has 0 aliphatic heterocycles. The lowest BCUT2D eigenvalue weighted by Gasteiger charge is -2.25. The molecule has 0 saturated carbocycles. The Morgan fingerprint density at radius 1 is 1.05 bits per heavy atom. The first-order valence-corrected chi connectivity index (χ1v) is 7.07. The number of nitrogens with zero attached hydrogens (tertiary/aromatic N) is 1. The fourth-order valence-corrected chi connectivity index (χ4v) is 3.08. The van der Waals surface area contributed by atoms with Crippen LogP contribution >= 0.6 is 0 Å². The fraction of sp³-hybridized carbons (Fsp3) is 0.333. The van der Waals surface area contributed by atoms with Crippen molar-refractivity contribution < 1.29 is 0 Å². The van der Waals surface area contributed by atoms with Gasteiger partial charge in [-0.25, -0.2) is 0 Å². The third-order valence-electron chi connectivity index (χ3n) is 4.19. The molecule has 3 rings (SSSR count). The molecule has 1 aliphatic rings. The van der Waals surface area contributed by atoms with Crippen molar-refractivity contribution in [2.24, 2.45) is 0 Å². The van der Waals surface area contributed by atoms with Crippen LogP contribution in [0.1, 0.15) is 34.7 Å². The molecular weight excluding hydrogens is 230 g/mol. The summed E-state index contributed by atoms with van der Waals surface area (Å²) in [6.07, 6.45) is 2.47. The Labute approximate surface area is 115 Å². The van der Waals surface area contributed by atoms with Crippen molar-refractivity contribution in [3.05, 3.63) is 70.8 Å². The van der Waals surface area contributed by atoms with Gasteiger partial charge >= 0.3 is 0 Å². The first-order chi connectivity index (χ1) is 9.24. The number of rotatable bonds is 3. The van der Waals surface area contributed by atoms with Gasteiger partial charge in [0.1, 0.15) is 0 Å². The van der Waals surface area contributed by atoms with Gasteiger partial charge in [0.15, 0.2) is 0 Å². The van der Waals surface area contributed by atoms with Gasteiger partial charge in [0.2, 0.25) is 0 Å². The van der Waals surface area contributed by atoms with Crippen molar-refractivity contribution in [1.82, 2.24) is 4.90 Å². The molecular formula is C18H21N. The van der Waals surface area contributed by atoms with Crippen molar-refractivity contribution in [2.45, 2.75) is 32.4 Å². The van der Waals surface area contributed by atoms with E-state index in [0.29, 0.717) is 6.04 Å². The summed E-state index contributed by atoms with van der Waals surface area (Å²) in [4.78, 5) is 2.48. The first kappa shape index (κ1) is 12.4. The maximum Gasteiger partial charge on any atom is 0.0354 e. The van der Waals surface area contributed by atoms with Gasteiger partial charge in [0.05, 0.1) is 0 Å². The number of hydrogen-bond donors (Lipinski definition) is 0. The Morgan fingerprint density at radius 3 is 2.58 bits per heavy atom. The van der Waals surface area contributed by atoms with E-state index in [2.05, 4.69) is 67.4 Å². The minimum atomic E-state index is 0.581. The molecule has 0 aromatic heterocycles. The molecule has 1 nitrogen and oxygen atoms in total. The van der Waals surface area contributed by atoms with E-state index in [1.54, 1.807) is 0 Å². The monoisotopic (exact) mass is 251 g/mol. The summed E-state index contributed by atoms with van der Waals surface area (Å²) in [5.74, 6) is 0. The van der Waals surface area contributed by atoms with Gasteiger partial charge in [-0.2, -0.15) is 0 Å². The van der Waals surface area contributed by atoms with Crippen molar-refractivity contribution in [3.63, 3.8) is 0 Å². The van der Waals surface area contributed by atoms with Crippen molar-refractivity contribution >= 4 is 0 Å². The van der Waals surface area contributed by atoms with Crippen LogP contribution in [0.3, 0.4) is 0 Å². The first-order valence-electron chi connectivity index (χ1n) is 7.07. The number of benzene rings is 2. The lowest BCUT2D eigenvalue weighted by Crippen LogP contribution is -2.22. The van der Waals surface area contributed by atoms with Crippen LogP contribution in [-0.4, -0.2) is 11.9 Å². The second-order valence-corrected chi connectivity index (χ2v) is 5.65. The summed E-state index contributed by atoms with van der Waals surface area (Å²) >= 11 is 0. The molecule has 0 bridgehead atoms. The number of fused-ring (bicyclic) bond motifs is 1. The van der Waals surface area contributed by atoms with E-state index in [-0.39, 0.29) is 0 Å². The molecule has 0 spiro atoms. The van der Waals surface area contributed by atoms with E-state index in [1.165, 1.54) is 35.1 Å². The van der Waals surface area contributed by atoms with Gasteiger partial charge < -0.3 is 0 Å². The van der Waals surface area contributed by atoms with Gasteiger partial charge in [0.25, 0.3) is 0 Å². The van der Waals surface area contributed by atoms with Crippen molar-refractivity contribution in [1.29, 1.82) is 0 Å². The molecule has 1 unspecified atom stereocenters. The smallest absolute Gasteiger partial charge is 0.0354 e. The highest BCUT2D eigenvalue weighted by atomic mass is 15.1. The van der Waals surface area contributed by atoms with E-state index in [1.807, 2.05) is 0 Å². The Kier molecular flexibility index (Phi) is 3.39. The lowest BCUT2D eigenvalue weighted by atomic mass is 10.1. The molecule has 0 N–H and O–H groups in total. The van der Waals surface area contributed by atoms with E-state index < -0.39 is 0 Å². The van der Waals surface area contributed by atoms with E-state index in [0.717, 1.165) is 6.54 Å². The van der Waals surface area contributed by atoms with E-state index in [4.69, 9.17) is 0 Å². The summed E-state index contributed by atoms with van der Waals surface area (Å²) in [5, 5.41) is 0. The van der Waals surface area contributed by atoms with Crippen LogP contribution < -0.4 is 0 Å². The summed E-state index contributed by atoms with van der Waals surface area (Å²) < 4.78 is 0. The quantitative estimate of drug-likeness (QED) is 0.793. The van der Waals surface area contributed by atoms with Crippen LogP contribution in [0.4, 0.5) is 0 Å². The Balaban J connectivity index is 1.75. The summed E-state index contributed by atoms with van der Waals surface area (Å²) in [6, 6.07) is 18.3. The predicted octanol–water partition coefficient (Wildman–Crippen LogP) is 4.11. The minimum absolute atomic E-state index is 0.581. The van der Waals surface area contributed by atoms with Gasteiger partial charge in [-0.05, 0) is 43.5 Å². The third-order valence-corrected chi connectivity index (χ3v) is 4.19. The summed E-state index contributed by atoms with van der Waals surface area (Å²) in [7, 11) is 2.24. The Bertz CT molecular complexity index is 556. The normalized spacial score (nSPS) is 17.7. The summed E-state index contributed by atoms with van der Waals surface area (Å²) in [6.45, 7) is 3.17. The zero-order chi connectivity index (χ0) is 13.2. The van der Waals surface area contributed by atoms with Gasteiger partial charge in [-0.1, -0.05) is 54.1 Å². The molecule has 98 valence electrons. The van der Waals surface area contributed by atoms with E-state index in [9.17, 15) is 0 Å². The van der Waals surface area contributed by atoms with Crippen molar-refractivity contribution in [3.8, 4) is 0 Å². The maximum atomic E-state index is 2.48. The molecule has 0 heterocycles. The second-order valence-electron chi connectivity index (χ2n) is 5.65. The SMILES string of the molecule is Cc1ccc(CN(C)C2CCc3ccccc32)cc1. The van der Waals surface area contributed by atoms with Crippen LogP contribution in [-0.2, 0) is 13.0 Å². The van der Waals surface area contributed by atoms with Gasteiger partial charge in [0, 0.05) is 12.6 Å². The average Bonchev–Trinajstić information content (AvgIpc) is 2.85. The van der Waals surface area contributed by atoms with Gasteiger partial charge in [-0.3, -0.25) is 4.90 Å². The van der Waals surface area contributed by atoms with E-state index >= 15 is 0 Å². The predicted molar refractivity (Wildman–Crippen MR) is 80.2 cm³/mol. The van der Waals surface area contributed by atoms with Crippen molar-refractivity contribution in [2.75, 3.05) is 7.05 Å². The Hall–Kier alpha value is -1.60. The molecule has 2 aromatic rings. The van der Waals surface area contributed by atoms with Gasteiger partial charge in [-0.15, -0.1) is 0 Å². The second kappa shape index (κ2) is 5.18. The molecule has 2 aromatic carbocycles. The largest absolute Gasteiger partial charge is 0.295 e. The van der Waals surface area contributed by atoms with Crippen LogP contribution in [0, 0.1) is 6.92 Å². The van der Waals surface area contributed by atoms with Crippen LogP contribution in [0.2, 0.25) is 0 Å². The minimum Gasteiger partial charge on any atom is -0.295 e. The highest BCUT2D eigenvalue weighted by Gasteiger charge is 2.25. The summed E-state index contributed by atoms with van der Waals surface area (Å²) in [5.41, 5.74) is 5.79. The molecule has 1 heteroatoms. The molecule has 1 atom stereocenters. The highest BCUT2D eigenvalue weighted by molar-refractivity contribution is 5.34. The van der Waals surface area contributed by atoms with Crippen LogP contribution in [0.25, 0.3) is 0 Å². The van der Waals surface area contributed by atoms with Crippen LogP contribution in [0.5, 0.6) is 0 Å². The maximum absolute atomic E-state index is 2.48. The molecule has 19 heavy (non-hydrogen) atoms. The zero-order valence-electron chi connectivity index (χ0n) is 11.8. The zero-order valence-corrected chi connectivity index (χ0v) is 11.8. The highest BCUT2D eigenvalue weighted by Crippen LogP contribution is 2.35. The Morgan fingerprint density at radius 2 is 1.79 bits per heavy atom. The number of aryl methyl sites for hydroxylation is 2. The molecule has 0 fully saturated rings. The standard InChI is InChI=1S/C18H21N/c1-14-7-9-15(10-8-14)13-19(2)18-12-11-16-5-3-4-6-17(16)18/h3-10,18H,11-13H2,1-2H3. The molecule has 0 saturated heterocycles. The fourth-order valence-electron chi connectivity index (χ4n) is 3.08. The number of hydrogen-bond acceptors (Lipinski definition) is 1. The third kappa shape index (κ3) is 2.57. The average molecular weight is 251 g/mol. The topological polar surface area (TPSA) is 3.24 Å². The van der Waals surface area contributed by atoms with Crippen LogP contribution in [0.15, 0.2) is 48.5 Å². The molecule has 0 radical (unpaired) electrons. The molecule has 0 amide bonds. The molecule has 1 aliphatic carbocycles. The lowest BCUT2D eigenvalue weighted by molar-refractivity contribution is 0.236.